The second-order valence-electron chi connectivity index (χ2n) is 2.01. The van der Waals surface area contributed by atoms with Crippen LogP contribution in [0.25, 0.3) is 0 Å². The van der Waals surface area contributed by atoms with Crippen LogP contribution >= 0.6 is 12.4 Å². The van der Waals surface area contributed by atoms with Gasteiger partial charge >= 0.3 is 11.9 Å². The summed E-state index contributed by atoms with van der Waals surface area (Å²) in [4.78, 5) is 20.7. The highest BCUT2D eigenvalue weighted by Gasteiger charge is 2.08. The maximum atomic E-state index is 10.6. The monoisotopic (exact) mass is 197 g/mol. The Morgan fingerprint density at radius 1 is 1.42 bits per heavy atom. The lowest BCUT2D eigenvalue weighted by atomic mass is 10.4. The minimum absolute atomic E-state index is 0. The molecule has 0 rings (SSSR count). The summed E-state index contributed by atoms with van der Waals surface area (Å²) in [7, 11) is 0. The summed E-state index contributed by atoms with van der Waals surface area (Å²) in [5.74, 6) is -1.09. The third-order valence-electron chi connectivity index (χ3n) is 0.835. The van der Waals surface area contributed by atoms with Gasteiger partial charge in [0.15, 0.2) is 0 Å². The zero-order chi connectivity index (χ0) is 8.85. The third kappa shape index (κ3) is 7.30. The molecule has 0 aliphatic rings. The molecule has 0 aromatic rings. The topological polar surface area (TPSA) is 78.6 Å². The van der Waals surface area contributed by atoms with Gasteiger partial charge < -0.3 is 15.2 Å². The summed E-state index contributed by atoms with van der Waals surface area (Å²) >= 11 is 0. The van der Waals surface area contributed by atoms with E-state index in [1.807, 2.05) is 0 Å². The molecular weight excluding hydrogens is 186 g/mol. The van der Waals surface area contributed by atoms with Crippen LogP contribution in [0, 0.1) is 0 Å². The van der Waals surface area contributed by atoms with Crippen molar-refractivity contribution >= 4 is 24.3 Å². The van der Waals surface area contributed by atoms with Gasteiger partial charge in [-0.2, -0.15) is 0 Å². The number of hydrogen-bond acceptors (Lipinski definition) is 5. The van der Waals surface area contributed by atoms with E-state index in [1.165, 1.54) is 13.8 Å². The van der Waals surface area contributed by atoms with Crippen molar-refractivity contribution < 1.29 is 19.1 Å². The van der Waals surface area contributed by atoms with Crippen LogP contribution in [0.4, 0.5) is 0 Å². The fourth-order valence-corrected chi connectivity index (χ4v) is 0.302. The van der Waals surface area contributed by atoms with Crippen LogP contribution in [0.2, 0.25) is 0 Å². The Labute approximate surface area is 76.6 Å². The van der Waals surface area contributed by atoms with Gasteiger partial charge in [0, 0.05) is 6.92 Å². The molecule has 0 aromatic carbocycles. The summed E-state index contributed by atoms with van der Waals surface area (Å²) < 4.78 is 8.73. The lowest BCUT2D eigenvalue weighted by Crippen LogP contribution is -2.29. The van der Waals surface area contributed by atoms with Crippen molar-refractivity contribution in [3.63, 3.8) is 0 Å². The first-order valence-electron chi connectivity index (χ1n) is 3.09. The SMILES string of the molecule is CC(=O)OCOC(=O)C(C)N.Cl. The van der Waals surface area contributed by atoms with Gasteiger partial charge in [0.2, 0.25) is 6.79 Å². The van der Waals surface area contributed by atoms with Gasteiger partial charge in [0.25, 0.3) is 0 Å². The maximum absolute atomic E-state index is 10.6. The van der Waals surface area contributed by atoms with E-state index in [0.29, 0.717) is 0 Å². The van der Waals surface area contributed by atoms with Crippen LogP contribution in [-0.4, -0.2) is 24.8 Å². The Hall–Kier alpha value is -0.810. The van der Waals surface area contributed by atoms with Crippen LogP contribution in [-0.2, 0) is 19.1 Å². The van der Waals surface area contributed by atoms with Crippen molar-refractivity contribution in [3.8, 4) is 0 Å². The molecule has 0 aliphatic carbocycles. The van der Waals surface area contributed by atoms with Crippen LogP contribution in [0.15, 0.2) is 0 Å². The molecule has 0 aliphatic heterocycles. The average Bonchev–Trinajstić information content (AvgIpc) is 1.86. The van der Waals surface area contributed by atoms with Gasteiger partial charge in [-0.3, -0.25) is 9.59 Å². The second-order valence-corrected chi connectivity index (χ2v) is 2.01. The molecular formula is C6H12ClNO4. The first kappa shape index (κ1) is 13.8. The Bertz CT molecular complexity index is 160. The first-order valence-corrected chi connectivity index (χ1v) is 3.09. The Kier molecular flexibility index (Phi) is 7.88. The molecule has 0 heterocycles. The molecule has 0 radical (unpaired) electrons. The van der Waals surface area contributed by atoms with Gasteiger partial charge in [-0.15, -0.1) is 12.4 Å². The minimum atomic E-state index is -0.689. The molecule has 1 unspecified atom stereocenters. The number of carbonyl (C=O) groups is 2. The van der Waals surface area contributed by atoms with Crippen molar-refractivity contribution in [3.05, 3.63) is 0 Å². The van der Waals surface area contributed by atoms with E-state index < -0.39 is 18.0 Å². The Morgan fingerprint density at radius 2 is 1.92 bits per heavy atom. The number of esters is 2. The predicted octanol–water partition coefficient (Wildman–Crippen LogP) is -0.181. The Morgan fingerprint density at radius 3 is 2.25 bits per heavy atom. The molecule has 0 spiro atoms. The van der Waals surface area contributed by atoms with Crippen molar-refractivity contribution in [2.24, 2.45) is 5.73 Å². The van der Waals surface area contributed by atoms with Crippen LogP contribution in [0.1, 0.15) is 13.8 Å². The average molecular weight is 198 g/mol. The van der Waals surface area contributed by atoms with Crippen molar-refractivity contribution in [2.75, 3.05) is 6.79 Å². The zero-order valence-electron chi connectivity index (χ0n) is 6.90. The van der Waals surface area contributed by atoms with Gasteiger partial charge in [-0.1, -0.05) is 0 Å². The third-order valence-corrected chi connectivity index (χ3v) is 0.835. The number of carbonyl (C=O) groups excluding carboxylic acids is 2. The van der Waals surface area contributed by atoms with Crippen molar-refractivity contribution in [2.45, 2.75) is 19.9 Å². The van der Waals surface area contributed by atoms with E-state index in [4.69, 9.17) is 5.73 Å². The fraction of sp³-hybridized carbons (Fsp3) is 0.667. The lowest BCUT2D eigenvalue weighted by Gasteiger charge is -2.05. The van der Waals surface area contributed by atoms with E-state index in [-0.39, 0.29) is 19.2 Å². The molecule has 5 nitrogen and oxygen atoms in total. The standard InChI is InChI=1S/C6H11NO4.ClH/c1-4(7)6(9)11-3-10-5(2)8;/h4H,3,7H2,1-2H3;1H. The molecule has 0 fully saturated rings. The smallest absolute Gasteiger partial charge is 0.325 e. The van der Waals surface area contributed by atoms with E-state index in [1.54, 1.807) is 0 Å². The summed E-state index contributed by atoms with van der Waals surface area (Å²) in [6.07, 6.45) is 0. The molecule has 6 heteroatoms. The number of ether oxygens (including phenoxy) is 2. The lowest BCUT2D eigenvalue weighted by molar-refractivity contribution is -0.166. The van der Waals surface area contributed by atoms with Crippen molar-refractivity contribution in [1.29, 1.82) is 0 Å². The minimum Gasteiger partial charge on any atom is -0.428 e. The van der Waals surface area contributed by atoms with Crippen molar-refractivity contribution in [1.82, 2.24) is 0 Å². The quantitative estimate of drug-likeness (QED) is 0.502. The molecule has 1 atom stereocenters. The Balaban J connectivity index is 0. The van der Waals surface area contributed by atoms with Gasteiger partial charge in [-0.05, 0) is 6.92 Å². The summed E-state index contributed by atoms with van der Waals surface area (Å²) in [6, 6.07) is -0.689. The van der Waals surface area contributed by atoms with E-state index in [0.717, 1.165) is 0 Å². The van der Waals surface area contributed by atoms with E-state index in [2.05, 4.69) is 9.47 Å². The van der Waals surface area contributed by atoms with Gasteiger partial charge in [-0.25, -0.2) is 0 Å². The fourth-order valence-electron chi connectivity index (χ4n) is 0.302. The summed E-state index contributed by atoms with van der Waals surface area (Å²) in [5, 5.41) is 0. The molecule has 72 valence electrons. The second kappa shape index (κ2) is 6.87. The van der Waals surface area contributed by atoms with Gasteiger partial charge in [0.1, 0.15) is 6.04 Å². The maximum Gasteiger partial charge on any atom is 0.325 e. The summed E-state index contributed by atoms with van der Waals surface area (Å²) in [6.45, 7) is 2.34. The van der Waals surface area contributed by atoms with Crippen LogP contribution < -0.4 is 5.73 Å². The van der Waals surface area contributed by atoms with Gasteiger partial charge in [0.05, 0.1) is 0 Å². The normalized spacial score (nSPS) is 10.9. The number of halogens is 1. The predicted molar refractivity (Wildman–Crippen MR) is 43.6 cm³/mol. The van der Waals surface area contributed by atoms with E-state index >= 15 is 0 Å². The highest BCUT2D eigenvalue weighted by molar-refractivity contribution is 5.85. The summed E-state index contributed by atoms with van der Waals surface area (Å²) in [5.41, 5.74) is 5.14. The largest absolute Gasteiger partial charge is 0.428 e. The molecule has 0 amide bonds. The zero-order valence-corrected chi connectivity index (χ0v) is 7.72. The molecule has 2 N–H and O–H groups in total. The molecule has 12 heavy (non-hydrogen) atoms. The highest BCUT2D eigenvalue weighted by atomic mass is 35.5. The molecule has 0 saturated carbocycles. The number of nitrogens with two attached hydrogens (primary N) is 1. The van der Waals surface area contributed by atoms with Crippen LogP contribution in [0.5, 0.6) is 0 Å². The number of hydrogen-bond donors (Lipinski definition) is 1. The highest BCUT2D eigenvalue weighted by Crippen LogP contribution is 1.85. The first-order chi connectivity index (χ1) is 5.04. The number of rotatable bonds is 3. The molecule has 0 bridgehead atoms. The van der Waals surface area contributed by atoms with Crippen LogP contribution in [0.3, 0.4) is 0 Å². The van der Waals surface area contributed by atoms with E-state index in [9.17, 15) is 9.59 Å². The molecule has 0 saturated heterocycles. The molecule has 0 aromatic heterocycles.